The molecule has 1 aliphatic carbocycles. The second kappa shape index (κ2) is 4.72. The van der Waals surface area contributed by atoms with Crippen molar-refractivity contribution in [3.8, 4) is 0 Å². The van der Waals surface area contributed by atoms with E-state index in [4.69, 9.17) is 4.42 Å². The number of carbonyl (C=O) groups is 1. The van der Waals surface area contributed by atoms with Crippen LogP contribution in [-0.2, 0) is 10.0 Å². The Bertz CT molecular complexity index is 558. The van der Waals surface area contributed by atoms with Gasteiger partial charge in [0.25, 0.3) is 0 Å². The number of aryl methyl sites for hydroxylation is 2. The number of nitrogens with one attached hydrogen (secondary N) is 1. The second-order valence-electron chi connectivity index (χ2n) is 4.66. The van der Waals surface area contributed by atoms with Gasteiger partial charge in [-0.3, -0.25) is 4.79 Å². The minimum Gasteiger partial charge on any atom is -0.436 e. The van der Waals surface area contributed by atoms with Crippen molar-refractivity contribution < 1.29 is 17.6 Å². The average Bonchev–Trinajstić information content (AvgIpc) is 2.51. The van der Waals surface area contributed by atoms with Gasteiger partial charge in [0.05, 0.1) is 11.4 Å². The minimum atomic E-state index is -3.58. The van der Waals surface area contributed by atoms with Gasteiger partial charge in [-0.1, -0.05) is 6.42 Å². The Morgan fingerprint density at radius 2 is 2.11 bits per heavy atom. The first-order valence-electron chi connectivity index (χ1n) is 5.86. The molecule has 1 saturated carbocycles. The molecule has 100 valence electrons. The summed E-state index contributed by atoms with van der Waals surface area (Å²) in [6, 6.07) is 0. The molecule has 1 heterocycles. The molecule has 0 atom stereocenters. The van der Waals surface area contributed by atoms with Crippen molar-refractivity contribution in [1.29, 1.82) is 0 Å². The molecule has 0 aromatic carbocycles. The molecule has 1 aromatic rings. The minimum absolute atomic E-state index is 0.00487. The van der Waals surface area contributed by atoms with Crippen LogP contribution in [0.15, 0.2) is 4.42 Å². The van der Waals surface area contributed by atoms with E-state index in [9.17, 15) is 13.2 Å². The Kier molecular flexibility index (Phi) is 3.43. The lowest BCUT2D eigenvalue weighted by atomic mass is 9.87. The van der Waals surface area contributed by atoms with E-state index in [0.29, 0.717) is 11.6 Å². The lowest BCUT2D eigenvalue weighted by Crippen LogP contribution is -2.36. The van der Waals surface area contributed by atoms with E-state index in [1.165, 1.54) is 0 Å². The van der Waals surface area contributed by atoms with Gasteiger partial charge in [0.15, 0.2) is 5.89 Å². The van der Waals surface area contributed by atoms with Crippen LogP contribution in [-0.4, -0.2) is 25.1 Å². The maximum Gasteiger partial charge on any atom is 0.302 e. The van der Waals surface area contributed by atoms with Gasteiger partial charge >= 0.3 is 5.91 Å². The molecule has 1 aromatic heterocycles. The summed E-state index contributed by atoms with van der Waals surface area (Å²) in [7, 11) is -3.58. The third-order valence-corrected chi connectivity index (χ3v) is 4.44. The van der Waals surface area contributed by atoms with Crippen molar-refractivity contribution in [1.82, 2.24) is 9.71 Å². The molecule has 18 heavy (non-hydrogen) atoms. The largest absolute Gasteiger partial charge is 0.436 e. The Labute approximate surface area is 106 Å². The summed E-state index contributed by atoms with van der Waals surface area (Å²) in [6.45, 7) is 3.20. The van der Waals surface area contributed by atoms with Gasteiger partial charge in [0, 0.05) is 6.92 Å². The number of amides is 1. The summed E-state index contributed by atoms with van der Waals surface area (Å²) >= 11 is 0. The molecule has 7 heteroatoms. The standard InChI is InChI=1S/C11H16N2O4S/c1-7-10(17-8(2)12-7)11(14)13-18(15,16)6-9-4-3-5-9/h9H,3-6H2,1-2H3,(H,13,14). The topological polar surface area (TPSA) is 89.3 Å². The number of aromatic nitrogens is 1. The molecule has 0 saturated heterocycles. The first-order chi connectivity index (χ1) is 8.37. The summed E-state index contributed by atoms with van der Waals surface area (Å²) in [6.07, 6.45) is 2.89. The predicted octanol–water partition coefficient (Wildman–Crippen LogP) is 1.15. The van der Waals surface area contributed by atoms with E-state index in [2.05, 4.69) is 4.98 Å². The zero-order valence-electron chi connectivity index (χ0n) is 10.4. The van der Waals surface area contributed by atoms with Crippen LogP contribution in [0.2, 0.25) is 0 Å². The molecular formula is C11H16N2O4S. The monoisotopic (exact) mass is 272 g/mol. The summed E-state index contributed by atoms with van der Waals surface area (Å²) in [5.74, 6) is -0.260. The molecule has 1 amide bonds. The van der Waals surface area contributed by atoms with Gasteiger partial charge in [-0.15, -0.1) is 0 Å². The Morgan fingerprint density at radius 1 is 1.44 bits per heavy atom. The molecule has 1 fully saturated rings. The molecule has 0 unspecified atom stereocenters. The summed E-state index contributed by atoms with van der Waals surface area (Å²) in [5.41, 5.74) is 0.392. The molecule has 0 aliphatic heterocycles. The third-order valence-electron chi connectivity index (χ3n) is 3.04. The Hall–Kier alpha value is -1.37. The third kappa shape index (κ3) is 2.90. The smallest absolute Gasteiger partial charge is 0.302 e. The second-order valence-corrected chi connectivity index (χ2v) is 6.42. The average molecular weight is 272 g/mol. The Morgan fingerprint density at radius 3 is 2.56 bits per heavy atom. The van der Waals surface area contributed by atoms with E-state index < -0.39 is 15.9 Å². The fourth-order valence-electron chi connectivity index (χ4n) is 1.94. The number of oxazole rings is 1. The maximum absolute atomic E-state index is 11.8. The summed E-state index contributed by atoms with van der Waals surface area (Å²) in [5, 5.41) is 0. The van der Waals surface area contributed by atoms with Gasteiger partial charge in [-0.05, 0) is 25.7 Å². The van der Waals surface area contributed by atoms with E-state index in [1.54, 1.807) is 13.8 Å². The first kappa shape index (κ1) is 13.1. The highest BCUT2D eigenvalue weighted by atomic mass is 32.2. The Balaban J connectivity index is 2.04. The van der Waals surface area contributed by atoms with E-state index >= 15 is 0 Å². The normalized spacial score (nSPS) is 16.3. The van der Waals surface area contributed by atoms with E-state index in [0.717, 1.165) is 19.3 Å². The zero-order chi connectivity index (χ0) is 13.3. The highest BCUT2D eigenvalue weighted by Crippen LogP contribution is 2.27. The number of nitrogens with zero attached hydrogens (tertiary/aromatic N) is 1. The number of hydrogen-bond acceptors (Lipinski definition) is 5. The van der Waals surface area contributed by atoms with E-state index in [1.807, 2.05) is 4.72 Å². The molecular weight excluding hydrogens is 256 g/mol. The molecule has 2 rings (SSSR count). The molecule has 6 nitrogen and oxygen atoms in total. The zero-order valence-corrected chi connectivity index (χ0v) is 11.2. The van der Waals surface area contributed by atoms with Gasteiger partial charge < -0.3 is 4.42 Å². The predicted molar refractivity (Wildman–Crippen MR) is 64.6 cm³/mol. The van der Waals surface area contributed by atoms with Crippen LogP contribution in [0.3, 0.4) is 0 Å². The summed E-state index contributed by atoms with van der Waals surface area (Å²) in [4.78, 5) is 15.7. The molecule has 0 bridgehead atoms. The van der Waals surface area contributed by atoms with Crippen LogP contribution in [0.1, 0.15) is 41.4 Å². The van der Waals surface area contributed by atoms with E-state index in [-0.39, 0.29) is 17.4 Å². The van der Waals surface area contributed by atoms with Gasteiger partial charge in [0.1, 0.15) is 0 Å². The van der Waals surface area contributed by atoms with Crippen LogP contribution in [0.5, 0.6) is 0 Å². The highest BCUT2D eigenvalue weighted by molar-refractivity contribution is 7.90. The van der Waals surface area contributed by atoms with Crippen molar-refractivity contribution in [3.05, 3.63) is 17.3 Å². The van der Waals surface area contributed by atoms with Crippen LogP contribution < -0.4 is 4.72 Å². The lowest BCUT2D eigenvalue weighted by Gasteiger charge is -2.24. The van der Waals surface area contributed by atoms with Crippen LogP contribution in [0, 0.1) is 19.8 Å². The number of sulfonamides is 1. The van der Waals surface area contributed by atoms with Crippen molar-refractivity contribution in [2.24, 2.45) is 5.92 Å². The lowest BCUT2D eigenvalue weighted by molar-refractivity contribution is 0.0952. The van der Waals surface area contributed by atoms with Crippen LogP contribution in [0.4, 0.5) is 0 Å². The van der Waals surface area contributed by atoms with Crippen molar-refractivity contribution in [2.45, 2.75) is 33.1 Å². The fraction of sp³-hybridized carbons (Fsp3) is 0.636. The van der Waals surface area contributed by atoms with Gasteiger partial charge in [0.2, 0.25) is 15.8 Å². The quantitative estimate of drug-likeness (QED) is 0.888. The van der Waals surface area contributed by atoms with Gasteiger partial charge in [-0.25, -0.2) is 18.1 Å². The highest BCUT2D eigenvalue weighted by Gasteiger charge is 2.27. The number of rotatable bonds is 4. The number of carbonyl (C=O) groups excluding carboxylic acids is 1. The molecule has 1 N–H and O–H groups in total. The van der Waals surface area contributed by atoms with Crippen LogP contribution >= 0.6 is 0 Å². The van der Waals surface area contributed by atoms with Crippen LogP contribution in [0.25, 0.3) is 0 Å². The molecule has 0 spiro atoms. The van der Waals surface area contributed by atoms with Crippen molar-refractivity contribution in [3.63, 3.8) is 0 Å². The van der Waals surface area contributed by atoms with Crippen molar-refractivity contribution >= 4 is 15.9 Å². The number of hydrogen-bond donors (Lipinski definition) is 1. The van der Waals surface area contributed by atoms with Crippen molar-refractivity contribution in [2.75, 3.05) is 5.75 Å². The van der Waals surface area contributed by atoms with Gasteiger partial charge in [-0.2, -0.15) is 0 Å². The summed E-state index contributed by atoms with van der Waals surface area (Å²) < 4.78 is 30.6. The first-order valence-corrected chi connectivity index (χ1v) is 7.51. The fourth-order valence-corrected chi connectivity index (χ4v) is 3.35. The maximum atomic E-state index is 11.8. The SMILES string of the molecule is Cc1nc(C)c(C(=O)NS(=O)(=O)CC2CCC2)o1. The molecule has 0 radical (unpaired) electrons. The molecule has 1 aliphatic rings.